The zero-order valence-corrected chi connectivity index (χ0v) is 36.7. The van der Waals surface area contributed by atoms with Crippen molar-refractivity contribution < 1.29 is 38.7 Å². The van der Waals surface area contributed by atoms with E-state index in [4.69, 9.17) is 28.0 Å². The minimum Gasteiger partial charge on any atom is -0.481 e. The van der Waals surface area contributed by atoms with Gasteiger partial charge < -0.3 is 59.9 Å². The van der Waals surface area contributed by atoms with Gasteiger partial charge in [0.2, 0.25) is 35.4 Å². The zero-order chi connectivity index (χ0) is 45.9. The second-order valence-corrected chi connectivity index (χ2v) is 16.5. The van der Waals surface area contributed by atoms with E-state index in [0.717, 1.165) is 5.56 Å². The monoisotopic (exact) mass is 860 g/mol. The van der Waals surface area contributed by atoms with Crippen molar-refractivity contribution in [1.29, 1.82) is 0 Å². The first-order valence-corrected chi connectivity index (χ1v) is 21.3. The summed E-state index contributed by atoms with van der Waals surface area (Å²) < 4.78 is 0. The molecule has 0 aromatic heterocycles. The number of nitrogens with two attached hydrogens (primary N) is 4. The van der Waals surface area contributed by atoms with Gasteiger partial charge in [-0.05, 0) is 77.3 Å². The Labute approximate surface area is 360 Å². The van der Waals surface area contributed by atoms with Crippen molar-refractivity contribution in [3.63, 3.8) is 0 Å². The van der Waals surface area contributed by atoms with Crippen LogP contribution in [-0.4, -0.2) is 108 Å². The van der Waals surface area contributed by atoms with E-state index >= 15 is 0 Å². The first-order valence-electron chi connectivity index (χ1n) is 21.3. The first-order chi connectivity index (χ1) is 28.7. The summed E-state index contributed by atoms with van der Waals surface area (Å²) in [5, 5.41) is 26.3. The molecule has 1 aromatic carbocycles. The normalized spacial score (nSPS) is 14.5. The molecule has 15 N–H and O–H groups in total. The first kappa shape index (κ1) is 53.7. The molecule has 0 heterocycles. The highest BCUT2D eigenvalue weighted by Gasteiger charge is 2.25. The van der Waals surface area contributed by atoms with Crippen LogP contribution in [0.25, 0.3) is 0 Å². The van der Waals surface area contributed by atoms with E-state index in [1.54, 1.807) is 20.8 Å². The van der Waals surface area contributed by atoms with E-state index < -0.39 is 54.0 Å². The third kappa shape index (κ3) is 28.0. The Bertz CT molecular complexity index is 1560. The standard InChI is InChI=1S/C42H73N11O8/c1-26(2)17-33(52-39(58)22-31(14-10-16-47-42(45)46)50-35(54)18-27(3)44)23-40(59)53-34(21-30-11-7-6-8-12-30)24-38(57)49-28(4)19-36(55)48-29(5)20-37(56)51-32(13-9-15-43)25-41(60)61/h6-8,11-12,26-29,31-34H,9-10,13-25,43-44H2,1-5H3,(H,48,55)(H,49,57)(H,50,54)(H,51,56)(H,52,58)(H,53,59)(H,60,61)(H4,45,46,47)/t27-,28-,29-,31-,32-,33+,34-/m0/s1. The molecule has 6 amide bonds. The Kier molecular flexibility index (Phi) is 26.3. The van der Waals surface area contributed by atoms with Gasteiger partial charge in [-0.1, -0.05) is 44.2 Å². The van der Waals surface area contributed by atoms with Crippen LogP contribution in [0, 0.1) is 5.92 Å². The van der Waals surface area contributed by atoms with Gasteiger partial charge in [0, 0.05) is 87.4 Å². The number of guanidine groups is 1. The predicted molar refractivity (Wildman–Crippen MR) is 234 cm³/mol. The van der Waals surface area contributed by atoms with Crippen molar-refractivity contribution in [1.82, 2.24) is 31.9 Å². The molecule has 19 nitrogen and oxygen atoms in total. The maximum atomic E-state index is 13.6. The molecule has 0 fully saturated rings. The van der Waals surface area contributed by atoms with Gasteiger partial charge in [-0.25, -0.2) is 0 Å². The molecule has 0 saturated carbocycles. The molecule has 0 aliphatic heterocycles. The highest BCUT2D eigenvalue weighted by atomic mass is 16.4. The number of carboxylic acids is 1. The molecule has 0 saturated heterocycles. The van der Waals surface area contributed by atoms with E-state index in [2.05, 4.69) is 36.9 Å². The van der Waals surface area contributed by atoms with E-state index in [1.807, 2.05) is 44.2 Å². The van der Waals surface area contributed by atoms with Crippen molar-refractivity contribution in [2.24, 2.45) is 33.8 Å². The van der Waals surface area contributed by atoms with Crippen LogP contribution < -0.4 is 54.8 Å². The smallest absolute Gasteiger partial charge is 0.305 e. The van der Waals surface area contributed by atoms with Crippen LogP contribution in [0.3, 0.4) is 0 Å². The minimum atomic E-state index is -1.04. The fourth-order valence-electron chi connectivity index (χ4n) is 6.84. The largest absolute Gasteiger partial charge is 0.481 e. The van der Waals surface area contributed by atoms with Crippen molar-refractivity contribution in [2.75, 3.05) is 13.1 Å². The molecule has 19 heteroatoms. The van der Waals surface area contributed by atoms with Crippen LogP contribution in [0.1, 0.15) is 117 Å². The van der Waals surface area contributed by atoms with Crippen LogP contribution in [0.4, 0.5) is 0 Å². The highest BCUT2D eigenvalue weighted by Crippen LogP contribution is 2.13. The van der Waals surface area contributed by atoms with E-state index in [0.29, 0.717) is 51.6 Å². The number of benzene rings is 1. The molecule has 1 rings (SSSR count). The van der Waals surface area contributed by atoms with E-state index in [9.17, 15) is 33.6 Å². The molecule has 1 aromatic rings. The number of carbonyl (C=O) groups is 7. The number of aliphatic imine (C=N–C) groups is 1. The highest BCUT2D eigenvalue weighted by molar-refractivity contribution is 5.84. The number of carbonyl (C=O) groups excluding carboxylic acids is 6. The number of hydrogen-bond acceptors (Lipinski definition) is 10. The van der Waals surface area contributed by atoms with E-state index in [-0.39, 0.29) is 86.5 Å². The summed E-state index contributed by atoms with van der Waals surface area (Å²) in [6, 6.07) is 5.63. The van der Waals surface area contributed by atoms with Crippen LogP contribution >= 0.6 is 0 Å². The molecule has 61 heavy (non-hydrogen) atoms. The average Bonchev–Trinajstić information content (AvgIpc) is 3.11. The number of nitrogens with zero attached hydrogens (tertiary/aromatic N) is 1. The van der Waals surface area contributed by atoms with Crippen molar-refractivity contribution in [3.05, 3.63) is 35.9 Å². The maximum absolute atomic E-state index is 13.6. The van der Waals surface area contributed by atoms with Crippen LogP contribution in [-0.2, 0) is 40.0 Å². The molecule has 0 radical (unpaired) electrons. The molecule has 0 unspecified atom stereocenters. The summed E-state index contributed by atoms with van der Waals surface area (Å²) in [6.45, 7) is 9.68. The number of nitrogens with one attached hydrogen (secondary N) is 6. The summed E-state index contributed by atoms with van der Waals surface area (Å²) in [6.07, 6.45) is 2.31. The summed E-state index contributed by atoms with van der Waals surface area (Å²) in [5.41, 5.74) is 23.1. The lowest BCUT2D eigenvalue weighted by Crippen LogP contribution is -2.47. The van der Waals surface area contributed by atoms with Gasteiger partial charge >= 0.3 is 5.97 Å². The fraction of sp³-hybridized carbons (Fsp3) is 0.667. The van der Waals surface area contributed by atoms with Gasteiger partial charge in [-0.3, -0.25) is 38.6 Å². The van der Waals surface area contributed by atoms with Gasteiger partial charge in [0.1, 0.15) is 0 Å². The molecule has 7 atom stereocenters. The van der Waals surface area contributed by atoms with Gasteiger partial charge in [0.05, 0.1) is 6.42 Å². The minimum absolute atomic E-state index is 0.0331. The molecule has 0 aliphatic carbocycles. The molecule has 0 spiro atoms. The van der Waals surface area contributed by atoms with Gasteiger partial charge in [-0.2, -0.15) is 0 Å². The zero-order valence-electron chi connectivity index (χ0n) is 36.7. The Balaban J connectivity index is 2.90. The topological polar surface area (TPSA) is 328 Å². The number of amides is 6. The lowest BCUT2D eigenvalue weighted by molar-refractivity contribution is -0.138. The second-order valence-electron chi connectivity index (χ2n) is 16.5. The Morgan fingerprint density at radius 3 is 1.56 bits per heavy atom. The third-order valence-electron chi connectivity index (χ3n) is 9.32. The van der Waals surface area contributed by atoms with Crippen molar-refractivity contribution >= 4 is 47.4 Å². The van der Waals surface area contributed by atoms with Crippen LogP contribution in [0.15, 0.2) is 35.3 Å². The second kappa shape index (κ2) is 29.8. The van der Waals surface area contributed by atoms with Crippen LogP contribution in [0.2, 0.25) is 0 Å². The quantitative estimate of drug-likeness (QED) is 0.0271. The summed E-state index contributed by atoms with van der Waals surface area (Å²) in [4.78, 5) is 93.3. The molecule has 0 aliphatic rings. The van der Waals surface area contributed by atoms with Gasteiger partial charge in [-0.15, -0.1) is 0 Å². The lowest BCUT2D eigenvalue weighted by Gasteiger charge is -2.25. The van der Waals surface area contributed by atoms with E-state index in [1.165, 1.54) is 0 Å². The van der Waals surface area contributed by atoms with Gasteiger partial charge in [0.25, 0.3) is 0 Å². The summed E-state index contributed by atoms with van der Waals surface area (Å²) in [7, 11) is 0. The molecular weight excluding hydrogens is 787 g/mol. The maximum Gasteiger partial charge on any atom is 0.305 e. The molecule has 344 valence electrons. The number of hydrogen-bond donors (Lipinski definition) is 11. The van der Waals surface area contributed by atoms with Crippen LogP contribution in [0.5, 0.6) is 0 Å². The Hall–Kier alpha value is -5.30. The van der Waals surface area contributed by atoms with Crippen molar-refractivity contribution in [3.8, 4) is 0 Å². The molecular formula is C42H73N11O8. The third-order valence-corrected chi connectivity index (χ3v) is 9.32. The molecule has 0 bridgehead atoms. The number of aliphatic carboxylic acids is 1. The average molecular weight is 860 g/mol. The SMILES string of the molecule is CC(C)C[C@H](CC(=O)N[C@H](CC(=O)N[C@@H](C)CC(=O)N[C@@H](C)CC(=O)N[C@@H](CCCN)CC(=O)O)Cc1ccccc1)NC(=O)C[C@H](CCCN=C(N)N)NC(=O)C[C@H](C)N. The Morgan fingerprint density at radius 2 is 1.03 bits per heavy atom. The Morgan fingerprint density at radius 1 is 0.590 bits per heavy atom. The summed E-state index contributed by atoms with van der Waals surface area (Å²) in [5.74, 6) is -3.13. The summed E-state index contributed by atoms with van der Waals surface area (Å²) >= 11 is 0. The predicted octanol–water partition coefficient (Wildman–Crippen LogP) is 0.179. The lowest BCUT2D eigenvalue weighted by atomic mass is 9.98. The number of rotatable bonds is 31. The number of carboxylic acid groups (broad SMARTS) is 1. The van der Waals surface area contributed by atoms with Crippen molar-refractivity contribution in [2.45, 2.75) is 160 Å². The van der Waals surface area contributed by atoms with Gasteiger partial charge in [0.15, 0.2) is 5.96 Å². The fourth-order valence-corrected chi connectivity index (χ4v) is 6.84.